The summed E-state index contributed by atoms with van der Waals surface area (Å²) in [6, 6.07) is 7.48. The molecular weight excluding hydrogens is 260 g/mol. The van der Waals surface area contributed by atoms with E-state index in [2.05, 4.69) is 0 Å². The van der Waals surface area contributed by atoms with Gasteiger partial charge in [0.2, 0.25) is 0 Å². The highest BCUT2D eigenvalue weighted by Crippen LogP contribution is 2.24. The van der Waals surface area contributed by atoms with Gasteiger partial charge in [0, 0.05) is 17.2 Å². The van der Waals surface area contributed by atoms with E-state index < -0.39 is 5.78 Å². The van der Waals surface area contributed by atoms with Crippen molar-refractivity contribution in [3.05, 3.63) is 53.6 Å². The van der Waals surface area contributed by atoms with E-state index in [1.807, 2.05) is 0 Å². The van der Waals surface area contributed by atoms with Gasteiger partial charge in [0.15, 0.2) is 5.78 Å². The standard InChI is InChI=1S/C15H12O5/c16-11-2-4-14(19)9(5-11)1-3-15(20)10-6-12(17)8-13(18)7-10/h1-8,16-19H/b3-1+. The van der Waals surface area contributed by atoms with Gasteiger partial charge in [0.25, 0.3) is 0 Å². The zero-order valence-electron chi connectivity index (χ0n) is 10.3. The van der Waals surface area contributed by atoms with Gasteiger partial charge in [-0.25, -0.2) is 0 Å². The molecular formula is C15H12O5. The van der Waals surface area contributed by atoms with E-state index in [1.54, 1.807) is 0 Å². The lowest BCUT2D eigenvalue weighted by atomic mass is 10.1. The summed E-state index contributed by atoms with van der Waals surface area (Å²) in [5.74, 6) is -1.02. The van der Waals surface area contributed by atoms with Crippen LogP contribution in [0.4, 0.5) is 0 Å². The summed E-state index contributed by atoms with van der Waals surface area (Å²) in [4.78, 5) is 11.9. The summed E-state index contributed by atoms with van der Waals surface area (Å²) in [6.45, 7) is 0. The van der Waals surface area contributed by atoms with Crippen LogP contribution in [0.5, 0.6) is 23.0 Å². The number of benzene rings is 2. The smallest absolute Gasteiger partial charge is 0.186 e. The zero-order chi connectivity index (χ0) is 14.7. The highest BCUT2D eigenvalue weighted by atomic mass is 16.3. The van der Waals surface area contributed by atoms with Gasteiger partial charge in [0.1, 0.15) is 23.0 Å². The molecule has 0 aromatic heterocycles. The van der Waals surface area contributed by atoms with Gasteiger partial charge in [0.05, 0.1) is 0 Å². The van der Waals surface area contributed by atoms with E-state index in [4.69, 9.17) is 0 Å². The fourth-order valence-corrected chi connectivity index (χ4v) is 1.67. The highest BCUT2D eigenvalue weighted by Gasteiger charge is 2.06. The Morgan fingerprint density at radius 3 is 2.15 bits per heavy atom. The Balaban J connectivity index is 2.26. The number of hydrogen-bond donors (Lipinski definition) is 4. The van der Waals surface area contributed by atoms with E-state index in [9.17, 15) is 25.2 Å². The summed E-state index contributed by atoms with van der Waals surface area (Å²) in [7, 11) is 0. The van der Waals surface area contributed by atoms with Crippen molar-refractivity contribution in [2.45, 2.75) is 0 Å². The first-order chi connectivity index (χ1) is 9.45. The van der Waals surface area contributed by atoms with Crippen LogP contribution in [0.15, 0.2) is 42.5 Å². The number of aromatic hydroxyl groups is 4. The number of carbonyl (C=O) groups excluding carboxylic acids is 1. The minimum Gasteiger partial charge on any atom is -0.508 e. The molecule has 0 atom stereocenters. The van der Waals surface area contributed by atoms with Crippen molar-refractivity contribution in [1.29, 1.82) is 0 Å². The van der Waals surface area contributed by atoms with Crippen molar-refractivity contribution in [3.63, 3.8) is 0 Å². The van der Waals surface area contributed by atoms with Crippen LogP contribution in [0.25, 0.3) is 6.08 Å². The molecule has 0 aliphatic carbocycles. The molecule has 2 aromatic carbocycles. The third kappa shape index (κ3) is 3.08. The number of hydrogen-bond acceptors (Lipinski definition) is 5. The maximum atomic E-state index is 11.9. The average Bonchev–Trinajstić information content (AvgIpc) is 2.38. The molecule has 0 aliphatic rings. The Labute approximate surface area is 114 Å². The molecule has 102 valence electrons. The van der Waals surface area contributed by atoms with Gasteiger partial charge in [-0.1, -0.05) is 0 Å². The lowest BCUT2D eigenvalue weighted by Gasteiger charge is -2.01. The lowest BCUT2D eigenvalue weighted by molar-refractivity contribution is 0.104. The minimum atomic E-state index is -0.459. The van der Waals surface area contributed by atoms with Crippen molar-refractivity contribution in [3.8, 4) is 23.0 Å². The van der Waals surface area contributed by atoms with Crippen LogP contribution >= 0.6 is 0 Å². The van der Waals surface area contributed by atoms with Crippen LogP contribution in [0.1, 0.15) is 15.9 Å². The predicted molar refractivity (Wildman–Crippen MR) is 72.9 cm³/mol. The van der Waals surface area contributed by atoms with Crippen LogP contribution < -0.4 is 0 Å². The summed E-state index contributed by atoms with van der Waals surface area (Å²) in [6.07, 6.45) is 2.50. The van der Waals surface area contributed by atoms with Gasteiger partial charge in [-0.15, -0.1) is 0 Å². The SMILES string of the molecule is O=C(/C=C/c1cc(O)ccc1O)c1cc(O)cc(O)c1. The normalized spacial score (nSPS) is 10.8. The van der Waals surface area contributed by atoms with Gasteiger partial charge in [-0.05, 0) is 42.5 Å². The van der Waals surface area contributed by atoms with E-state index >= 15 is 0 Å². The van der Waals surface area contributed by atoms with Crippen LogP contribution in [0.3, 0.4) is 0 Å². The average molecular weight is 272 g/mol. The molecule has 2 aromatic rings. The number of phenolic OH excluding ortho intramolecular Hbond substituents is 4. The van der Waals surface area contributed by atoms with Gasteiger partial charge < -0.3 is 20.4 Å². The molecule has 2 rings (SSSR count). The number of carbonyl (C=O) groups is 1. The van der Waals surface area contributed by atoms with Gasteiger partial charge in [-0.3, -0.25) is 4.79 Å². The number of rotatable bonds is 3. The topological polar surface area (TPSA) is 98.0 Å². The monoisotopic (exact) mass is 272 g/mol. The molecule has 0 fully saturated rings. The minimum absolute atomic E-state index is 0.0371. The molecule has 0 aliphatic heterocycles. The number of phenols is 4. The lowest BCUT2D eigenvalue weighted by Crippen LogP contribution is -1.93. The Bertz CT molecular complexity index is 668. The number of ketones is 1. The Morgan fingerprint density at radius 2 is 1.50 bits per heavy atom. The molecule has 0 saturated heterocycles. The fraction of sp³-hybridized carbons (Fsp3) is 0. The second-order valence-corrected chi connectivity index (χ2v) is 4.18. The van der Waals surface area contributed by atoms with Crippen molar-refractivity contribution >= 4 is 11.9 Å². The van der Waals surface area contributed by atoms with E-state index in [0.29, 0.717) is 0 Å². The van der Waals surface area contributed by atoms with Crippen LogP contribution in [-0.4, -0.2) is 26.2 Å². The van der Waals surface area contributed by atoms with Crippen LogP contribution in [0.2, 0.25) is 0 Å². The maximum absolute atomic E-state index is 11.9. The Hall–Kier alpha value is -2.95. The summed E-state index contributed by atoms with van der Waals surface area (Å²) in [5, 5.41) is 37.4. The largest absolute Gasteiger partial charge is 0.508 e. The predicted octanol–water partition coefficient (Wildman–Crippen LogP) is 2.41. The molecule has 5 nitrogen and oxygen atoms in total. The van der Waals surface area contributed by atoms with Crippen molar-refractivity contribution in [2.24, 2.45) is 0 Å². The van der Waals surface area contributed by atoms with Gasteiger partial charge in [-0.2, -0.15) is 0 Å². The van der Waals surface area contributed by atoms with Crippen molar-refractivity contribution in [1.82, 2.24) is 0 Å². The summed E-state index contributed by atoms with van der Waals surface area (Å²) >= 11 is 0. The quantitative estimate of drug-likeness (QED) is 0.391. The van der Waals surface area contributed by atoms with E-state index in [1.165, 1.54) is 42.5 Å². The first-order valence-corrected chi connectivity index (χ1v) is 5.73. The third-order valence-electron chi connectivity index (χ3n) is 2.61. The summed E-state index contributed by atoms with van der Waals surface area (Å²) in [5.41, 5.74) is 0.390. The first kappa shape index (κ1) is 13.5. The molecule has 0 bridgehead atoms. The molecule has 5 heteroatoms. The molecule has 0 saturated carbocycles. The van der Waals surface area contributed by atoms with E-state index in [-0.39, 0.29) is 34.1 Å². The van der Waals surface area contributed by atoms with Crippen molar-refractivity contribution < 1.29 is 25.2 Å². The van der Waals surface area contributed by atoms with Crippen LogP contribution in [0, 0.1) is 0 Å². The second-order valence-electron chi connectivity index (χ2n) is 4.18. The molecule has 0 heterocycles. The van der Waals surface area contributed by atoms with Crippen LogP contribution in [-0.2, 0) is 0 Å². The molecule has 4 N–H and O–H groups in total. The summed E-state index contributed by atoms with van der Waals surface area (Å²) < 4.78 is 0. The molecule has 0 radical (unpaired) electrons. The molecule has 0 amide bonds. The van der Waals surface area contributed by atoms with Gasteiger partial charge >= 0.3 is 0 Å². The molecule has 0 unspecified atom stereocenters. The Morgan fingerprint density at radius 1 is 0.850 bits per heavy atom. The third-order valence-corrected chi connectivity index (χ3v) is 2.61. The zero-order valence-corrected chi connectivity index (χ0v) is 10.3. The highest BCUT2D eigenvalue weighted by molar-refractivity contribution is 6.07. The number of allylic oxidation sites excluding steroid dienone is 1. The van der Waals surface area contributed by atoms with Crippen molar-refractivity contribution in [2.75, 3.05) is 0 Å². The molecule has 0 spiro atoms. The fourth-order valence-electron chi connectivity index (χ4n) is 1.67. The Kier molecular flexibility index (Phi) is 3.61. The first-order valence-electron chi connectivity index (χ1n) is 5.73. The molecule has 20 heavy (non-hydrogen) atoms. The van der Waals surface area contributed by atoms with E-state index in [0.717, 1.165) is 6.07 Å². The second kappa shape index (κ2) is 5.36. The maximum Gasteiger partial charge on any atom is 0.186 e.